The van der Waals surface area contributed by atoms with Crippen LogP contribution in [0.2, 0.25) is 0 Å². The Morgan fingerprint density at radius 1 is 1.03 bits per heavy atom. The van der Waals surface area contributed by atoms with Gasteiger partial charge in [-0.05, 0) is 44.1 Å². The van der Waals surface area contributed by atoms with Gasteiger partial charge < -0.3 is 10.2 Å². The number of piperidine rings is 1. The fraction of sp³-hybridized carbons (Fsp3) is 0.458. The van der Waals surface area contributed by atoms with Crippen LogP contribution in [0.1, 0.15) is 50.1 Å². The van der Waals surface area contributed by atoms with Gasteiger partial charge in [0.25, 0.3) is 0 Å². The summed E-state index contributed by atoms with van der Waals surface area (Å²) in [5, 5.41) is 7.48. The van der Waals surface area contributed by atoms with Gasteiger partial charge in [-0.25, -0.2) is 4.68 Å². The van der Waals surface area contributed by atoms with Crippen molar-refractivity contribution in [3.63, 3.8) is 0 Å². The number of amides is 2. The molecule has 4 rings (SSSR count). The molecule has 1 aromatic carbocycles. The minimum atomic E-state index is -0.00132. The van der Waals surface area contributed by atoms with Crippen LogP contribution in [0.25, 0.3) is 0 Å². The molecule has 2 aromatic rings. The molecule has 30 heavy (non-hydrogen) atoms. The van der Waals surface area contributed by atoms with E-state index in [0.29, 0.717) is 12.3 Å². The number of nitrogens with one attached hydrogen (secondary N) is 1. The first kappa shape index (κ1) is 20.4. The summed E-state index contributed by atoms with van der Waals surface area (Å²) in [6.07, 6.45) is 11.8. The molecule has 6 nitrogen and oxygen atoms in total. The van der Waals surface area contributed by atoms with Crippen LogP contribution < -0.4 is 5.32 Å². The van der Waals surface area contributed by atoms with E-state index in [0.717, 1.165) is 63.0 Å². The second-order valence-corrected chi connectivity index (χ2v) is 8.23. The number of carbonyl (C=O) groups is 2. The second kappa shape index (κ2) is 9.74. The van der Waals surface area contributed by atoms with Gasteiger partial charge >= 0.3 is 0 Å². The van der Waals surface area contributed by atoms with Crippen LogP contribution in [0.5, 0.6) is 0 Å². The van der Waals surface area contributed by atoms with Crippen molar-refractivity contribution in [2.75, 3.05) is 18.4 Å². The predicted molar refractivity (Wildman–Crippen MR) is 117 cm³/mol. The first-order chi connectivity index (χ1) is 14.7. The Hall–Kier alpha value is -2.89. The van der Waals surface area contributed by atoms with Gasteiger partial charge in [0.1, 0.15) is 5.82 Å². The molecule has 1 N–H and O–H groups in total. The normalized spacial score (nSPS) is 19.6. The summed E-state index contributed by atoms with van der Waals surface area (Å²) >= 11 is 0. The lowest BCUT2D eigenvalue weighted by Gasteiger charge is -2.35. The highest BCUT2D eigenvalue weighted by Crippen LogP contribution is 2.28. The molecule has 0 radical (unpaired) electrons. The molecule has 1 aliphatic heterocycles. The Labute approximate surface area is 178 Å². The van der Waals surface area contributed by atoms with Gasteiger partial charge in [-0.3, -0.25) is 9.59 Å². The maximum absolute atomic E-state index is 12.8. The van der Waals surface area contributed by atoms with Crippen molar-refractivity contribution < 1.29 is 9.59 Å². The van der Waals surface area contributed by atoms with Gasteiger partial charge in [-0.15, -0.1) is 0 Å². The molecule has 1 atom stereocenters. The molecule has 1 fully saturated rings. The summed E-state index contributed by atoms with van der Waals surface area (Å²) in [4.78, 5) is 27.2. The third-order valence-corrected chi connectivity index (χ3v) is 6.16. The molecule has 1 aliphatic carbocycles. The number of hydrogen-bond donors (Lipinski definition) is 1. The third-order valence-electron chi connectivity index (χ3n) is 6.16. The summed E-state index contributed by atoms with van der Waals surface area (Å²) < 4.78 is 1.92. The summed E-state index contributed by atoms with van der Waals surface area (Å²) in [7, 11) is 0. The third kappa shape index (κ3) is 4.99. The SMILES string of the molecule is O=C(CCc1ccccc1)Nc1ccnn1C1CCN(C(=O)[C@@H]2CC=CCC2)CC1. The Morgan fingerprint density at radius 2 is 1.83 bits per heavy atom. The highest BCUT2D eigenvalue weighted by Gasteiger charge is 2.29. The van der Waals surface area contributed by atoms with E-state index in [1.54, 1.807) is 6.20 Å². The first-order valence-electron chi connectivity index (χ1n) is 11.0. The average Bonchev–Trinajstić information content (AvgIpc) is 3.26. The van der Waals surface area contributed by atoms with Gasteiger partial charge in [-0.2, -0.15) is 5.10 Å². The highest BCUT2D eigenvalue weighted by molar-refractivity contribution is 5.90. The van der Waals surface area contributed by atoms with E-state index in [1.165, 1.54) is 0 Å². The van der Waals surface area contributed by atoms with Crippen molar-refractivity contribution in [1.82, 2.24) is 14.7 Å². The number of carbonyl (C=O) groups excluding carboxylic acids is 2. The molecule has 0 spiro atoms. The molecule has 2 heterocycles. The second-order valence-electron chi connectivity index (χ2n) is 8.23. The fourth-order valence-electron chi connectivity index (χ4n) is 4.42. The Bertz CT molecular complexity index is 882. The molecule has 2 amide bonds. The van der Waals surface area contributed by atoms with Crippen LogP contribution in [-0.2, 0) is 16.0 Å². The number of aromatic nitrogens is 2. The summed E-state index contributed by atoms with van der Waals surface area (Å²) in [5.74, 6) is 1.19. The van der Waals surface area contributed by atoms with Crippen molar-refractivity contribution in [3.8, 4) is 0 Å². The average molecular weight is 407 g/mol. The van der Waals surface area contributed by atoms with Crippen molar-refractivity contribution in [2.24, 2.45) is 5.92 Å². The lowest BCUT2D eigenvalue weighted by atomic mass is 9.92. The first-order valence-corrected chi connectivity index (χ1v) is 11.0. The number of aryl methyl sites for hydroxylation is 1. The Balaban J connectivity index is 1.29. The van der Waals surface area contributed by atoms with E-state index in [4.69, 9.17) is 0 Å². The van der Waals surface area contributed by atoms with E-state index in [2.05, 4.69) is 22.6 Å². The van der Waals surface area contributed by atoms with Crippen molar-refractivity contribution in [1.29, 1.82) is 0 Å². The zero-order valence-corrected chi connectivity index (χ0v) is 17.4. The van der Waals surface area contributed by atoms with Crippen LogP contribution in [-0.4, -0.2) is 39.6 Å². The number of likely N-dealkylation sites (tertiary alicyclic amines) is 1. The monoisotopic (exact) mass is 406 g/mol. The van der Waals surface area contributed by atoms with E-state index in [1.807, 2.05) is 46.0 Å². The summed E-state index contributed by atoms with van der Waals surface area (Å²) in [5.41, 5.74) is 1.16. The maximum Gasteiger partial charge on any atom is 0.226 e. The van der Waals surface area contributed by atoms with Crippen LogP contribution in [0.3, 0.4) is 0 Å². The smallest absolute Gasteiger partial charge is 0.226 e. The lowest BCUT2D eigenvalue weighted by Crippen LogP contribution is -2.42. The minimum Gasteiger partial charge on any atom is -0.342 e. The Morgan fingerprint density at radius 3 is 2.57 bits per heavy atom. The van der Waals surface area contributed by atoms with Gasteiger partial charge in [0.15, 0.2) is 0 Å². The van der Waals surface area contributed by atoms with Crippen molar-refractivity contribution >= 4 is 17.6 Å². The van der Waals surface area contributed by atoms with Gasteiger partial charge in [0, 0.05) is 31.5 Å². The zero-order chi connectivity index (χ0) is 20.8. The van der Waals surface area contributed by atoms with Crippen LogP contribution >= 0.6 is 0 Å². The number of hydrogen-bond acceptors (Lipinski definition) is 3. The fourth-order valence-corrected chi connectivity index (χ4v) is 4.42. The quantitative estimate of drug-likeness (QED) is 0.738. The number of allylic oxidation sites excluding steroid dienone is 2. The Kier molecular flexibility index (Phi) is 6.62. The van der Waals surface area contributed by atoms with Gasteiger partial charge in [0.05, 0.1) is 12.2 Å². The zero-order valence-electron chi connectivity index (χ0n) is 17.4. The molecule has 0 saturated carbocycles. The van der Waals surface area contributed by atoms with Gasteiger partial charge in [-0.1, -0.05) is 42.5 Å². The van der Waals surface area contributed by atoms with Gasteiger partial charge in [0.2, 0.25) is 11.8 Å². The molecule has 6 heteroatoms. The standard InChI is InChI=1S/C24H30N4O2/c29-23(12-11-19-7-3-1-4-8-19)26-22-13-16-25-28(22)21-14-17-27(18-15-21)24(30)20-9-5-2-6-10-20/h1-5,7-8,13,16,20-21H,6,9-12,14-15,17-18H2,(H,26,29)/t20-/m1/s1. The molecule has 0 unspecified atom stereocenters. The summed E-state index contributed by atoms with van der Waals surface area (Å²) in [6.45, 7) is 1.51. The molecule has 0 bridgehead atoms. The summed E-state index contributed by atoms with van der Waals surface area (Å²) in [6, 6.07) is 12.1. The van der Waals surface area contributed by atoms with Crippen molar-refractivity contribution in [2.45, 2.75) is 51.0 Å². The van der Waals surface area contributed by atoms with E-state index < -0.39 is 0 Å². The number of nitrogens with zero attached hydrogens (tertiary/aromatic N) is 3. The lowest BCUT2D eigenvalue weighted by molar-refractivity contribution is -0.137. The highest BCUT2D eigenvalue weighted by atomic mass is 16.2. The number of benzene rings is 1. The maximum atomic E-state index is 12.8. The molecular weight excluding hydrogens is 376 g/mol. The van der Waals surface area contributed by atoms with Crippen LogP contribution in [0.4, 0.5) is 5.82 Å². The van der Waals surface area contributed by atoms with E-state index >= 15 is 0 Å². The van der Waals surface area contributed by atoms with E-state index in [9.17, 15) is 9.59 Å². The molecule has 1 saturated heterocycles. The molecule has 1 aromatic heterocycles. The molecular formula is C24H30N4O2. The minimum absolute atomic E-state index is 0.00132. The molecule has 158 valence electrons. The predicted octanol–water partition coefficient (Wildman–Crippen LogP) is 3.97. The molecule has 2 aliphatic rings. The number of rotatable bonds is 6. The van der Waals surface area contributed by atoms with Crippen molar-refractivity contribution in [3.05, 3.63) is 60.3 Å². The van der Waals surface area contributed by atoms with Crippen LogP contribution in [0.15, 0.2) is 54.7 Å². The largest absolute Gasteiger partial charge is 0.342 e. The van der Waals surface area contributed by atoms with E-state index in [-0.39, 0.29) is 17.9 Å². The number of anilines is 1. The topological polar surface area (TPSA) is 67.2 Å². The van der Waals surface area contributed by atoms with Crippen LogP contribution in [0, 0.1) is 5.92 Å².